The standard InChI is InChI=1S/C16H16O6/c1-8(7-17)10-3-4-11(16(21)22)14(10)15(20)12-6-9(18)2-5-13(12)19/h2,5-7,10-11,14,18-19H,1,3-4H2,(H,21,22)/t10-,11-,14-/m0/s1. The van der Waals surface area contributed by atoms with Crippen molar-refractivity contribution in [1.29, 1.82) is 0 Å². The Morgan fingerprint density at radius 3 is 2.41 bits per heavy atom. The number of carboxylic acid groups (broad SMARTS) is 1. The molecule has 0 bridgehead atoms. The van der Waals surface area contributed by atoms with Gasteiger partial charge in [-0.15, -0.1) is 0 Å². The molecule has 1 aromatic carbocycles. The molecule has 0 heterocycles. The van der Waals surface area contributed by atoms with Gasteiger partial charge in [-0.2, -0.15) is 0 Å². The minimum Gasteiger partial charge on any atom is -0.508 e. The first kappa shape index (κ1) is 15.8. The largest absolute Gasteiger partial charge is 0.508 e. The summed E-state index contributed by atoms with van der Waals surface area (Å²) in [6.07, 6.45) is 1.14. The highest BCUT2D eigenvalue weighted by atomic mass is 16.4. The smallest absolute Gasteiger partial charge is 0.307 e. The number of phenolic OH excluding ortho intramolecular Hbond substituents is 2. The lowest BCUT2D eigenvalue weighted by Crippen LogP contribution is -2.30. The van der Waals surface area contributed by atoms with Crippen molar-refractivity contribution < 1.29 is 29.7 Å². The Kier molecular flexibility index (Phi) is 4.30. The fourth-order valence-corrected chi connectivity index (χ4v) is 3.05. The van der Waals surface area contributed by atoms with E-state index in [9.17, 15) is 29.7 Å². The molecule has 1 saturated carbocycles. The zero-order valence-corrected chi connectivity index (χ0v) is 11.7. The maximum Gasteiger partial charge on any atom is 0.307 e. The molecule has 6 heteroatoms. The maximum absolute atomic E-state index is 12.7. The van der Waals surface area contributed by atoms with Crippen LogP contribution in [0.3, 0.4) is 0 Å². The zero-order chi connectivity index (χ0) is 16.4. The van der Waals surface area contributed by atoms with E-state index in [1.54, 1.807) is 0 Å². The Hall–Kier alpha value is -2.63. The number of carbonyl (C=O) groups excluding carboxylic acids is 2. The van der Waals surface area contributed by atoms with E-state index in [2.05, 4.69) is 6.58 Å². The van der Waals surface area contributed by atoms with Gasteiger partial charge < -0.3 is 15.3 Å². The zero-order valence-electron chi connectivity index (χ0n) is 11.7. The summed E-state index contributed by atoms with van der Waals surface area (Å²) in [5.74, 6) is -4.79. The fourth-order valence-electron chi connectivity index (χ4n) is 3.05. The Morgan fingerprint density at radius 1 is 1.18 bits per heavy atom. The van der Waals surface area contributed by atoms with Gasteiger partial charge in [-0.3, -0.25) is 14.4 Å². The number of Topliss-reactive ketones (excluding diaryl/α,β-unsaturated/α-hetero) is 1. The number of rotatable bonds is 5. The normalized spacial score (nSPS) is 23.9. The molecular weight excluding hydrogens is 288 g/mol. The van der Waals surface area contributed by atoms with Crippen LogP contribution in [-0.2, 0) is 9.59 Å². The Bertz CT molecular complexity index is 648. The number of phenols is 2. The summed E-state index contributed by atoms with van der Waals surface area (Å²) in [7, 11) is 0. The predicted molar refractivity (Wildman–Crippen MR) is 76.6 cm³/mol. The van der Waals surface area contributed by atoms with Crippen molar-refractivity contribution in [2.75, 3.05) is 0 Å². The van der Waals surface area contributed by atoms with Gasteiger partial charge in [0.2, 0.25) is 0 Å². The minimum absolute atomic E-state index is 0.151. The molecule has 22 heavy (non-hydrogen) atoms. The number of ketones is 1. The summed E-state index contributed by atoms with van der Waals surface area (Å²) in [4.78, 5) is 35.0. The average molecular weight is 304 g/mol. The van der Waals surface area contributed by atoms with Crippen LogP contribution in [0.2, 0.25) is 0 Å². The first-order chi connectivity index (χ1) is 10.4. The van der Waals surface area contributed by atoms with Crippen molar-refractivity contribution in [3.05, 3.63) is 35.9 Å². The number of hydrogen-bond donors (Lipinski definition) is 3. The predicted octanol–water partition coefficient (Wildman–Crippen LogP) is 1.76. The number of aliphatic carboxylic acids is 1. The van der Waals surface area contributed by atoms with E-state index in [1.165, 1.54) is 6.07 Å². The van der Waals surface area contributed by atoms with Gasteiger partial charge in [-0.1, -0.05) is 6.58 Å². The van der Waals surface area contributed by atoms with Gasteiger partial charge in [-0.25, -0.2) is 0 Å². The summed E-state index contributed by atoms with van der Waals surface area (Å²) in [6, 6.07) is 3.48. The van der Waals surface area contributed by atoms with Crippen LogP contribution in [0.25, 0.3) is 0 Å². The molecule has 116 valence electrons. The highest BCUT2D eigenvalue weighted by Crippen LogP contribution is 2.43. The Labute approximate surface area is 126 Å². The second kappa shape index (κ2) is 6.01. The lowest BCUT2D eigenvalue weighted by atomic mass is 9.80. The number of hydrogen-bond acceptors (Lipinski definition) is 5. The van der Waals surface area contributed by atoms with Gasteiger partial charge in [0.15, 0.2) is 5.78 Å². The van der Waals surface area contributed by atoms with Gasteiger partial charge in [-0.05, 0) is 42.5 Å². The van der Waals surface area contributed by atoms with Crippen LogP contribution in [0.4, 0.5) is 0 Å². The third-order valence-electron chi connectivity index (χ3n) is 4.15. The van der Waals surface area contributed by atoms with Gasteiger partial charge >= 0.3 is 5.97 Å². The molecule has 3 atom stereocenters. The molecule has 0 saturated heterocycles. The van der Waals surface area contributed by atoms with Crippen LogP contribution in [-0.4, -0.2) is 33.4 Å². The van der Waals surface area contributed by atoms with E-state index in [4.69, 9.17) is 0 Å². The minimum atomic E-state index is -1.13. The molecule has 1 fully saturated rings. The van der Waals surface area contributed by atoms with Gasteiger partial charge in [0.25, 0.3) is 0 Å². The van der Waals surface area contributed by atoms with Crippen molar-refractivity contribution in [3.8, 4) is 11.5 Å². The van der Waals surface area contributed by atoms with Crippen LogP contribution < -0.4 is 0 Å². The van der Waals surface area contributed by atoms with Crippen LogP contribution in [0, 0.1) is 17.8 Å². The lowest BCUT2D eigenvalue weighted by molar-refractivity contribution is -0.142. The third-order valence-corrected chi connectivity index (χ3v) is 4.15. The lowest BCUT2D eigenvalue weighted by Gasteiger charge is -2.21. The van der Waals surface area contributed by atoms with Crippen molar-refractivity contribution in [3.63, 3.8) is 0 Å². The molecule has 1 aromatic rings. The average Bonchev–Trinajstić information content (AvgIpc) is 2.93. The van der Waals surface area contributed by atoms with Crippen LogP contribution in [0.5, 0.6) is 11.5 Å². The number of carbonyl (C=O) groups is 3. The number of aldehydes is 1. The fraction of sp³-hybridized carbons (Fsp3) is 0.312. The molecule has 0 aliphatic heterocycles. The number of benzene rings is 1. The third kappa shape index (κ3) is 2.72. The molecule has 1 aliphatic rings. The molecule has 1 aliphatic carbocycles. The van der Waals surface area contributed by atoms with E-state index in [-0.39, 0.29) is 29.1 Å². The Balaban J connectivity index is 2.45. The highest BCUT2D eigenvalue weighted by molar-refractivity contribution is 6.03. The summed E-state index contributed by atoms with van der Waals surface area (Å²) in [5.41, 5.74) is 0.0172. The number of aromatic hydroxyl groups is 2. The number of allylic oxidation sites excluding steroid dienone is 1. The molecule has 6 nitrogen and oxygen atoms in total. The van der Waals surface area contributed by atoms with E-state index in [0.29, 0.717) is 12.7 Å². The quantitative estimate of drug-likeness (QED) is 0.331. The Morgan fingerprint density at radius 2 is 1.82 bits per heavy atom. The van der Waals surface area contributed by atoms with Gasteiger partial charge in [0.05, 0.1) is 11.5 Å². The first-order valence-corrected chi connectivity index (χ1v) is 6.79. The molecule has 0 aromatic heterocycles. The van der Waals surface area contributed by atoms with Crippen LogP contribution in [0.15, 0.2) is 30.4 Å². The van der Waals surface area contributed by atoms with Crippen molar-refractivity contribution >= 4 is 18.0 Å². The maximum atomic E-state index is 12.7. The molecule has 2 rings (SSSR count). The van der Waals surface area contributed by atoms with Gasteiger partial charge in [0, 0.05) is 5.92 Å². The van der Waals surface area contributed by atoms with Crippen LogP contribution >= 0.6 is 0 Å². The van der Waals surface area contributed by atoms with E-state index < -0.39 is 29.5 Å². The van der Waals surface area contributed by atoms with Crippen molar-refractivity contribution in [1.82, 2.24) is 0 Å². The van der Waals surface area contributed by atoms with E-state index >= 15 is 0 Å². The number of carboxylic acids is 1. The summed E-state index contributed by atoms with van der Waals surface area (Å²) in [6.45, 7) is 3.59. The molecular formula is C16H16O6. The van der Waals surface area contributed by atoms with Crippen LogP contribution in [0.1, 0.15) is 23.2 Å². The summed E-state index contributed by atoms with van der Waals surface area (Å²) < 4.78 is 0. The van der Waals surface area contributed by atoms with Crippen molar-refractivity contribution in [2.24, 2.45) is 17.8 Å². The molecule has 0 radical (unpaired) electrons. The monoisotopic (exact) mass is 304 g/mol. The highest BCUT2D eigenvalue weighted by Gasteiger charge is 2.46. The van der Waals surface area contributed by atoms with E-state index in [1.807, 2.05) is 0 Å². The molecule has 3 N–H and O–H groups in total. The first-order valence-electron chi connectivity index (χ1n) is 6.79. The second-order valence-electron chi connectivity index (χ2n) is 5.41. The van der Waals surface area contributed by atoms with Gasteiger partial charge in [0.1, 0.15) is 17.8 Å². The topological polar surface area (TPSA) is 112 Å². The summed E-state index contributed by atoms with van der Waals surface area (Å²) >= 11 is 0. The second-order valence-corrected chi connectivity index (χ2v) is 5.41. The molecule has 0 amide bonds. The molecule has 0 spiro atoms. The van der Waals surface area contributed by atoms with E-state index in [0.717, 1.165) is 12.1 Å². The van der Waals surface area contributed by atoms with Crippen molar-refractivity contribution in [2.45, 2.75) is 12.8 Å². The SMILES string of the molecule is C=C(C=O)[C@@H]1CC[C@H](C(=O)O)[C@H]1C(=O)c1cc(O)ccc1O. The molecule has 0 unspecified atom stereocenters. The summed E-state index contributed by atoms with van der Waals surface area (Å²) in [5, 5.41) is 28.6.